The van der Waals surface area contributed by atoms with Crippen molar-refractivity contribution in [2.45, 2.75) is 260 Å². The van der Waals surface area contributed by atoms with Crippen molar-refractivity contribution >= 4 is 11.9 Å². The molecule has 0 spiro atoms. The molecule has 478 valence electrons. The molecule has 83 heavy (non-hydrogen) atoms. The van der Waals surface area contributed by atoms with Crippen LogP contribution in [0.15, 0.2) is 11.6 Å². The van der Waals surface area contributed by atoms with E-state index in [1.54, 1.807) is 0 Å². The number of ether oxygens (including phenoxy) is 8. The van der Waals surface area contributed by atoms with Crippen molar-refractivity contribution in [1.82, 2.24) is 0 Å². The molecule has 30 atom stereocenters. The third-order valence-corrected chi connectivity index (χ3v) is 21.9. The topological polar surface area (TPSA) is 411 Å². The van der Waals surface area contributed by atoms with Crippen LogP contribution in [0.1, 0.15) is 126 Å². The van der Waals surface area contributed by atoms with Crippen molar-refractivity contribution in [3.63, 3.8) is 0 Å². The van der Waals surface area contributed by atoms with Gasteiger partial charge in [-0.3, -0.25) is 9.59 Å². The number of hydrogen-bond donors (Lipinski definition) is 15. The van der Waals surface area contributed by atoms with Gasteiger partial charge < -0.3 is 114 Å². The van der Waals surface area contributed by atoms with Gasteiger partial charge in [-0.15, -0.1) is 0 Å². The zero-order valence-corrected chi connectivity index (χ0v) is 49.0. The van der Waals surface area contributed by atoms with Crippen LogP contribution in [0.3, 0.4) is 0 Å². The lowest BCUT2D eigenvalue weighted by Gasteiger charge is -2.71. The number of esters is 1. The van der Waals surface area contributed by atoms with Crippen LogP contribution in [0, 0.1) is 51.2 Å². The van der Waals surface area contributed by atoms with Gasteiger partial charge in [0.2, 0.25) is 0 Å². The highest BCUT2D eigenvalue weighted by molar-refractivity contribution is 5.90. The molecular weight excluding hydrogens is 1100 g/mol. The molecule has 0 bridgehead atoms. The molecule has 25 heteroatoms. The average molecular weight is 1190 g/mol. The van der Waals surface area contributed by atoms with Crippen LogP contribution in [-0.4, -0.2) is 249 Å². The molecular formula is C58H96O25. The summed E-state index contributed by atoms with van der Waals surface area (Å²) in [4.78, 5) is 23.1. The van der Waals surface area contributed by atoms with Crippen LogP contribution in [0.2, 0.25) is 0 Å². The van der Waals surface area contributed by atoms with E-state index in [4.69, 9.17) is 43.0 Å². The molecule has 25 nitrogen and oxygen atoms in total. The van der Waals surface area contributed by atoms with Crippen LogP contribution in [-0.2, 0) is 47.5 Å². The molecule has 8 aliphatic rings. The van der Waals surface area contributed by atoms with E-state index < -0.39 is 189 Å². The van der Waals surface area contributed by atoms with Gasteiger partial charge in [0.15, 0.2) is 18.9 Å². The summed E-state index contributed by atoms with van der Waals surface area (Å²) in [5.74, 6) is -3.94. The van der Waals surface area contributed by atoms with Gasteiger partial charge in [0.25, 0.3) is 0 Å². The molecule has 0 amide bonds. The number of carbonyl (C=O) groups is 2. The number of aliphatic hydroxyl groups is 14. The van der Waals surface area contributed by atoms with Gasteiger partial charge in [0.1, 0.15) is 98.5 Å². The standard InChI is InChI=1S/C58H96O25/c1-25(2)10-9-14-58(8,83-29-18-26(39(65)44(70)40(29)66)23-77-51-48(74)45(71)41(67)30(21-59)78-51)27-11-16-57(7)38(27)28(61)19-34-55(5)15-13-35(54(3,4)33(55)12-17-56(34,57)6)81-53-50(47(73)42(68)31(22-60)79-53)82-52-49(75)46(72)43(69)32(80-52)24-76-37(64)20-36(62)63/h10,26-35,38-53,59-61,65-75H,9,11-24H2,1-8H3,(H,62,63). The van der Waals surface area contributed by atoms with Crippen molar-refractivity contribution in [2.24, 2.45) is 51.2 Å². The second kappa shape index (κ2) is 25.7. The minimum absolute atomic E-state index is 0.00177. The Labute approximate surface area is 484 Å². The summed E-state index contributed by atoms with van der Waals surface area (Å²) < 4.78 is 48.3. The first-order valence-corrected chi connectivity index (χ1v) is 29.8. The van der Waals surface area contributed by atoms with E-state index in [0.29, 0.717) is 38.5 Å². The maximum atomic E-state index is 12.9. The molecule has 0 aromatic rings. The predicted octanol–water partition coefficient (Wildman–Crippen LogP) is -1.51. The number of allylic oxidation sites excluding steroid dienone is 2. The summed E-state index contributed by atoms with van der Waals surface area (Å²) in [5.41, 5.74) is -1.57. The second-order valence-corrected chi connectivity index (χ2v) is 27.3. The fourth-order valence-electron chi connectivity index (χ4n) is 17.1. The molecule has 8 fully saturated rings. The average Bonchev–Trinajstić information content (AvgIpc) is 1.74. The van der Waals surface area contributed by atoms with E-state index in [1.807, 2.05) is 20.8 Å². The Kier molecular flexibility index (Phi) is 20.7. The highest BCUT2D eigenvalue weighted by Gasteiger charge is 2.72. The highest BCUT2D eigenvalue weighted by atomic mass is 16.8. The molecule has 30 unspecified atom stereocenters. The van der Waals surface area contributed by atoms with Gasteiger partial charge in [-0.1, -0.05) is 46.3 Å². The first kappa shape index (κ1) is 66.8. The molecule has 3 saturated heterocycles. The smallest absolute Gasteiger partial charge is 0.317 e. The lowest BCUT2D eigenvalue weighted by molar-refractivity contribution is -0.378. The minimum atomic E-state index is -1.95. The van der Waals surface area contributed by atoms with Gasteiger partial charge in [0, 0.05) is 5.92 Å². The van der Waals surface area contributed by atoms with Crippen molar-refractivity contribution in [3.8, 4) is 0 Å². The number of carbonyl (C=O) groups excluding carboxylic acids is 1. The fraction of sp³-hybridized carbons (Fsp3) is 0.931. The fourth-order valence-corrected chi connectivity index (χ4v) is 17.1. The zero-order chi connectivity index (χ0) is 61.2. The molecule has 5 aliphatic carbocycles. The molecule has 5 saturated carbocycles. The first-order chi connectivity index (χ1) is 38.8. The number of aliphatic carboxylic acids is 1. The van der Waals surface area contributed by atoms with E-state index in [2.05, 4.69) is 40.7 Å². The van der Waals surface area contributed by atoms with E-state index in [1.165, 1.54) is 0 Å². The summed E-state index contributed by atoms with van der Waals surface area (Å²) in [6, 6.07) is 0. The van der Waals surface area contributed by atoms with E-state index in [0.717, 1.165) is 24.8 Å². The SMILES string of the molecule is CC(C)=CCCC(C)(OC1CC(COC2OC(CO)C(O)C(O)C2O)C(O)C(O)C1O)C1CCC2(C)C1C(O)CC1C3(C)CCC(OC4OC(CO)C(O)C(O)C4OC4OC(COC(=O)CC(=O)O)C(O)C(O)C4O)C(C)(C)C3CCC12C. The van der Waals surface area contributed by atoms with Crippen LogP contribution in [0.4, 0.5) is 0 Å². The summed E-state index contributed by atoms with van der Waals surface area (Å²) in [6.07, 6.45) is -24.9. The maximum absolute atomic E-state index is 12.9. The predicted molar refractivity (Wildman–Crippen MR) is 286 cm³/mol. The van der Waals surface area contributed by atoms with Crippen molar-refractivity contribution < 1.29 is 124 Å². The van der Waals surface area contributed by atoms with Gasteiger partial charge in [-0.05, 0) is 130 Å². The molecule has 0 aromatic heterocycles. The summed E-state index contributed by atoms with van der Waals surface area (Å²) in [7, 11) is 0. The lowest BCUT2D eigenvalue weighted by atomic mass is 9.35. The summed E-state index contributed by atoms with van der Waals surface area (Å²) in [6.45, 7) is 14.8. The maximum Gasteiger partial charge on any atom is 0.317 e. The van der Waals surface area contributed by atoms with Crippen molar-refractivity contribution in [2.75, 3.05) is 26.4 Å². The van der Waals surface area contributed by atoms with Crippen molar-refractivity contribution in [3.05, 3.63) is 11.6 Å². The third-order valence-electron chi connectivity index (χ3n) is 21.9. The summed E-state index contributed by atoms with van der Waals surface area (Å²) >= 11 is 0. The number of rotatable bonds is 19. The Hall–Kier alpha value is -2.16. The largest absolute Gasteiger partial charge is 0.481 e. The first-order valence-electron chi connectivity index (χ1n) is 29.8. The Balaban J connectivity index is 0.997. The second-order valence-electron chi connectivity index (χ2n) is 27.3. The van der Waals surface area contributed by atoms with Crippen molar-refractivity contribution in [1.29, 1.82) is 0 Å². The Morgan fingerprint density at radius 3 is 1.82 bits per heavy atom. The van der Waals surface area contributed by atoms with Crippen LogP contribution < -0.4 is 0 Å². The number of hydrogen-bond acceptors (Lipinski definition) is 24. The third kappa shape index (κ3) is 12.5. The Morgan fingerprint density at radius 1 is 0.614 bits per heavy atom. The van der Waals surface area contributed by atoms with Gasteiger partial charge in [-0.2, -0.15) is 0 Å². The number of fused-ring (bicyclic) bond motifs is 5. The van der Waals surface area contributed by atoms with Crippen LogP contribution in [0.5, 0.6) is 0 Å². The number of aliphatic hydroxyl groups excluding tert-OH is 14. The normalized spacial score (nSPS) is 49.6. The van der Waals surface area contributed by atoms with E-state index >= 15 is 0 Å². The zero-order valence-electron chi connectivity index (χ0n) is 49.0. The molecule has 0 radical (unpaired) electrons. The quantitative estimate of drug-likeness (QED) is 0.0302. The van der Waals surface area contributed by atoms with Gasteiger partial charge >= 0.3 is 11.9 Å². The van der Waals surface area contributed by atoms with Gasteiger partial charge in [-0.25, -0.2) is 0 Å². The Bertz CT molecular complexity index is 2240. The van der Waals surface area contributed by atoms with Crippen LogP contribution >= 0.6 is 0 Å². The highest BCUT2D eigenvalue weighted by Crippen LogP contribution is 2.76. The number of carboxylic acids is 1. The molecule has 0 aromatic carbocycles. The minimum Gasteiger partial charge on any atom is -0.481 e. The molecule has 3 heterocycles. The molecule has 3 aliphatic heterocycles. The Morgan fingerprint density at radius 2 is 1.19 bits per heavy atom. The van der Waals surface area contributed by atoms with Crippen LogP contribution in [0.25, 0.3) is 0 Å². The lowest BCUT2D eigenvalue weighted by Crippen LogP contribution is -2.68. The monoisotopic (exact) mass is 1190 g/mol. The van der Waals surface area contributed by atoms with E-state index in [-0.39, 0.29) is 47.5 Å². The van der Waals surface area contributed by atoms with E-state index in [9.17, 15) is 81.1 Å². The molecule has 8 rings (SSSR count). The number of carboxylic acid groups (broad SMARTS) is 1. The van der Waals surface area contributed by atoms with Gasteiger partial charge in [0.05, 0.1) is 49.8 Å². The molecule has 15 N–H and O–H groups in total. The summed E-state index contributed by atoms with van der Waals surface area (Å²) in [5, 5.41) is 163.